The molecule has 5 heteroatoms. The smallest absolute Gasteiger partial charge is 0.313 e. The van der Waals surface area contributed by atoms with Gasteiger partial charge >= 0.3 is 11.8 Å². The zero-order valence-corrected chi connectivity index (χ0v) is 13.1. The molecule has 0 bridgehead atoms. The summed E-state index contributed by atoms with van der Waals surface area (Å²) >= 11 is 3.34. The van der Waals surface area contributed by atoms with Crippen LogP contribution in [-0.2, 0) is 9.59 Å². The van der Waals surface area contributed by atoms with Crippen molar-refractivity contribution in [3.8, 4) is 0 Å². The topological polar surface area (TPSA) is 58.2 Å². The van der Waals surface area contributed by atoms with Crippen molar-refractivity contribution >= 4 is 33.4 Å². The second-order valence-electron chi connectivity index (χ2n) is 5.28. The van der Waals surface area contributed by atoms with Crippen molar-refractivity contribution in [2.75, 3.05) is 5.32 Å². The van der Waals surface area contributed by atoms with E-state index in [1.807, 2.05) is 18.2 Å². The number of nitrogens with one attached hydrogen (secondary N) is 2. The van der Waals surface area contributed by atoms with E-state index in [0.717, 1.165) is 23.7 Å². The molecule has 1 aromatic rings. The zero-order valence-electron chi connectivity index (χ0n) is 11.5. The van der Waals surface area contributed by atoms with Crippen LogP contribution in [0.25, 0.3) is 0 Å². The van der Waals surface area contributed by atoms with Gasteiger partial charge in [0.25, 0.3) is 0 Å². The molecule has 0 saturated heterocycles. The quantitative estimate of drug-likeness (QED) is 0.814. The Kier molecular flexibility index (Phi) is 5.17. The molecule has 1 aliphatic rings. The molecule has 1 aliphatic carbocycles. The number of para-hydroxylation sites is 1. The predicted molar refractivity (Wildman–Crippen MR) is 82.3 cm³/mol. The highest BCUT2D eigenvalue weighted by atomic mass is 79.9. The summed E-state index contributed by atoms with van der Waals surface area (Å²) in [5, 5.41) is 5.46. The first-order valence-electron chi connectivity index (χ1n) is 6.94. The van der Waals surface area contributed by atoms with Gasteiger partial charge in [0.2, 0.25) is 0 Å². The van der Waals surface area contributed by atoms with E-state index in [-0.39, 0.29) is 6.04 Å². The number of halogens is 1. The largest absolute Gasteiger partial charge is 0.345 e. The molecule has 2 rings (SSSR count). The molecule has 2 amide bonds. The van der Waals surface area contributed by atoms with Gasteiger partial charge in [-0.3, -0.25) is 9.59 Å². The van der Waals surface area contributed by atoms with Crippen LogP contribution in [0.3, 0.4) is 0 Å². The average molecular weight is 339 g/mol. The Morgan fingerprint density at radius 1 is 1.15 bits per heavy atom. The van der Waals surface area contributed by atoms with Gasteiger partial charge in [-0.1, -0.05) is 31.9 Å². The van der Waals surface area contributed by atoms with E-state index in [2.05, 4.69) is 33.5 Å². The SMILES string of the molecule is C[C@H]1CCCC[C@H]1NC(=O)C(=O)Nc1ccccc1Br. The van der Waals surface area contributed by atoms with Crippen molar-refractivity contribution in [2.24, 2.45) is 5.92 Å². The van der Waals surface area contributed by atoms with Gasteiger partial charge in [0.15, 0.2) is 0 Å². The van der Waals surface area contributed by atoms with Gasteiger partial charge in [-0.15, -0.1) is 0 Å². The number of benzene rings is 1. The monoisotopic (exact) mass is 338 g/mol. The molecule has 0 unspecified atom stereocenters. The lowest BCUT2D eigenvalue weighted by Crippen LogP contribution is -2.45. The van der Waals surface area contributed by atoms with E-state index >= 15 is 0 Å². The Bertz CT molecular complexity index is 504. The molecule has 0 spiro atoms. The fourth-order valence-electron chi connectivity index (χ4n) is 2.51. The first-order valence-corrected chi connectivity index (χ1v) is 7.73. The van der Waals surface area contributed by atoms with E-state index in [1.54, 1.807) is 6.07 Å². The molecule has 0 heterocycles. The Morgan fingerprint density at radius 2 is 1.85 bits per heavy atom. The molecule has 0 aromatic heterocycles. The molecule has 1 fully saturated rings. The minimum absolute atomic E-state index is 0.112. The molecular formula is C15H19BrN2O2. The van der Waals surface area contributed by atoms with Gasteiger partial charge < -0.3 is 10.6 Å². The number of amides is 2. The second-order valence-corrected chi connectivity index (χ2v) is 6.13. The lowest BCUT2D eigenvalue weighted by molar-refractivity contribution is -0.137. The van der Waals surface area contributed by atoms with Crippen LogP contribution < -0.4 is 10.6 Å². The highest BCUT2D eigenvalue weighted by molar-refractivity contribution is 9.10. The Labute approximate surface area is 127 Å². The van der Waals surface area contributed by atoms with Crippen LogP contribution in [0, 0.1) is 5.92 Å². The summed E-state index contributed by atoms with van der Waals surface area (Å²) in [4.78, 5) is 23.8. The molecule has 0 aliphatic heterocycles. The number of rotatable bonds is 2. The van der Waals surface area contributed by atoms with Crippen molar-refractivity contribution < 1.29 is 9.59 Å². The van der Waals surface area contributed by atoms with Gasteiger partial charge in [0, 0.05) is 10.5 Å². The standard InChI is InChI=1S/C15H19BrN2O2/c1-10-6-2-4-8-12(10)17-14(19)15(20)18-13-9-5-3-7-11(13)16/h3,5,7,9-10,12H,2,4,6,8H2,1H3,(H,17,19)(H,18,20)/t10-,12+/m0/s1. The molecule has 0 radical (unpaired) electrons. The Hall–Kier alpha value is -1.36. The normalized spacial score (nSPS) is 22.1. The molecule has 20 heavy (non-hydrogen) atoms. The number of anilines is 1. The van der Waals surface area contributed by atoms with Gasteiger partial charge in [0.05, 0.1) is 5.69 Å². The minimum atomic E-state index is -0.616. The molecule has 1 saturated carbocycles. The van der Waals surface area contributed by atoms with Crippen LogP contribution in [0.15, 0.2) is 28.7 Å². The molecule has 4 nitrogen and oxygen atoms in total. The molecule has 2 N–H and O–H groups in total. The first-order chi connectivity index (χ1) is 9.58. The number of hydrogen-bond donors (Lipinski definition) is 2. The second kappa shape index (κ2) is 6.88. The lowest BCUT2D eigenvalue weighted by atomic mass is 9.86. The van der Waals surface area contributed by atoms with Crippen LogP contribution in [0.5, 0.6) is 0 Å². The molecule has 2 atom stereocenters. The van der Waals surface area contributed by atoms with Crippen molar-refractivity contribution in [3.05, 3.63) is 28.7 Å². The lowest BCUT2D eigenvalue weighted by Gasteiger charge is -2.29. The molecular weight excluding hydrogens is 320 g/mol. The van der Waals surface area contributed by atoms with E-state index in [4.69, 9.17) is 0 Å². The molecule has 1 aromatic carbocycles. The van der Waals surface area contributed by atoms with Crippen molar-refractivity contribution in [1.82, 2.24) is 5.32 Å². The summed E-state index contributed by atoms with van der Waals surface area (Å²) in [6, 6.07) is 7.33. The van der Waals surface area contributed by atoms with Gasteiger partial charge in [-0.2, -0.15) is 0 Å². The van der Waals surface area contributed by atoms with Gasteiger partial charge in [0.1, 0.15) is 0 Å². The summed E-state index contributed by atoms with van der Waals surface area (Å²) in [5.41, 5.74) is 0.601. The summed E-state index contributed by atoms with van der Waals surface area (Å²) in [6.45, 7) is 2.12. The fraction of sp³-hybridized carbons (Fsp3) is 0.467. The van der Waals surface area contributed by atoms with Crippen LogP contribution in [0.2, 0.25) is 0 Å². The van der Waals surface area contributed by atoms with Crippen LogP contribution in [0.4, 0.5) is 5.69 Å². The Morgan fingerprint density at radius 3 is 2.55 bits per heavy atom. The predicted octanol–water partition coefficient (Wildman–Crippen LogP) is 3.08. The average Bonchev–Trinajstić information content (AvgIpc) is 2.43. The van der Waals surface area contributed by atoms with Crippen molar-refractivity contribution in [2.45, 2.75) is 38.6 Å². The zero-order chi connectivity index (χ0) is 14.5. The third-order valence-electron chi connectivity index (χ3n) is 3.76. The first kappa shape index (κ1) is 15.0. The number of carbonyl (C=O) groups excluding carboxylic acids is 2. The van der Waals surface area contributed by atoms with Crippen molar-refractivity contribution in [3.63, 3.8) is 0 Å². The van der Waals surface area contributed by atoms with Crippen LogP contribution in [-0.4, -0.2) is 17.9 Å². The molecule has 108 valence electrons. The maximum absolute atomic E-state index is 11.9. The maximum atomic E-state index is 11.9. The third-order valence-corrected chi connectivity index (χ3v) is 4.45. The highest BCUT2D eigenvalue weighted by Gasteiger charge is 2.25. The number of hydrogen-bond acceptors (Lipinski definition) is 2. The van der Waals surface area contributed by atoms with Crippen LogP contribution >= 0.6 is 15.9 Å². The highest BCUT2D eigenvalue weighted by Crippen LogP contribution is 2.24. The Balaban J connectivity index is 1.92. The van der Waals surface area contributed by atoms with Gasteiger partial charge in [-0.25, -0.2) is 0 Å². The third kappa shape index (κ3) is 3.82. The summed E-state index contributed by atoms with van der Waals surface area (Å²) in [5.74, 6) is -0.738. The number of carbonyl (C=O) groups is 2. The summed E-state index contributed by atoms with van der Waals surface area (Å²) in [6.07, 6.45) is 4.38. The van der Waals surface area contributed by atoms with E-state index in [1.165, 1.54) is 6.42 Å². The minimum Gasteiger partial charge on any atom is -0.345 e. The summed E-state index contributed by atoms with van der Waals surface area (Å²) < 4.78 is 0.757. The van der Waals surface area contributed by atoms with Gasteiger partial charge in [-0.05, 0) is 46.8 Å². The van der Waals surface area contributed by atoms with Crippen LogP contribution in [0.1, 0.15) is 32.6 Å². The van der Waals surface area contributed by atoms with E-state index in [0.29, 0.717) is 11.6 Å². The van der Waals surface area contributed by atoms with Crippen molar-refractivity contribution in [1.29, 1.82) is 0 Å². The summed E-state index contributed by atoms with van der Waals surface area (Å²) in [7, 11) is 0. The maximum Gasteiger partial charge on any atom is 0.313 e. The van der Waals surface area contributed by atoms with E-state index in [9.17, 15) is 9.59 Å². The fourth-order valence-corrected chi connectivity index (χ4v) is 2.89. The van der Waals surface area contributed by atoms with E-state index < -0.39 is 11.8 Å².